The average molecular weight is 406 g/mol. The predicted octanol–water partition coefficient (Wildman–Crippen LogP) is 4.01. The van der Waals surface area contributed by atoms with Crippen LogP contribution in [0.3, 0.4) is 0 Å². The van der Waals surface area contributed by atoms with E-state index in [2.05, 4.69) is 26.3 Å². The Hall–Kier alpha value is -2.03. The van der Waals surface area contributed by atoms with Crippen LogP contribution < -0.4 is 10.1 Å². The first-order valence-corrected chi connectivity index (χ1v) is 7.75. The predicted molar refractivity (Wildman–Crippen MR) is 85.9 cm³/mol. The number of nitrogens with one attached hydrogen (secondary N) is 1. The smallest absolute Gasteiger partial charge is 0.436 e. The number of benzene rings is 1. The number of amides is 1. The molecule has 1 amide bonds. The topological polar surface area (TPSA) is 56.1 Å². The Kier molecular flexibility index (Phi) is 5.53. The number of rotatable bonds is 5. The molecule has 1 aromatic heterocycles. The Morgan fingerprint density at radius 2 is 2.12 bits per heavy atom. The first-order valence-electron chi connectivity index (χ1n) is 6.96. The van der Waals surface area contributed by atoms with Gasteiger partial charge in [0.2, 0.25) is 5.91 Å². The fourth-order valence-electron chi connectivity index (χ4n) is 2.05. The van der Waals surface area contributed by atoms with Gasteiger partial charge in [0.05, 0.1) is 23.8 Å². The number of halogens is 4. The summed E-state index contributed by atoms with van der Waals surface area (Å²) in [4.78, 5) is 12.0. The Labute approximate surface area is 144 Å². The summed E-state index contributed by atoms with van der Waals surface area (Å²) >= 11 is 2.90. The zero-order chi connectivity index (χ0) is 17.9. The number of alkyl halides is 3. The highest BCUT2D eigenvalue weighted by atomic mass is 79.9. The molecule has 130 valence electrons. The largest absolute Gasteiger partial charge is 0.497 e. The van der Waals surface area contributed by atoms with Crippen molar-refractivity contribution < 1.29 is 22.7 Å². The highest BCUT2D eigenvalue weighted by Gasteiger charge is 2.37. The number of methoxy groups -OCH3 is 1. The molecule has 24 heavy (non-hydrogen) atoms. The van der Waals surface area contributed by atoms with Crippen molar-refractivity contribution in [3.05, 3.63) is 40.1 Å². The van der Waals surface area contributed by atoms with E-state index in [1.54, 1.807) is 24.3 Å². The van der Waals surface area contributed by atoms with Gasteiger partial charge in [0.15, 0.2) is 5.69 Å². The number of aromatic nitrogens is 2. The highest BCUT2D eigenvalue weighted by Crippen LogP contribution is 2.35. The van der Waals surface area contributed by atoms with E-state index in [0.717, 1.165) is 4.68 Å². The van der Waals surface area contributed by atoms with Crippen LogP contribution in [0.1, 0.15) is 17.8 Å². The summed E-state index contributed by atoms with van der Waals surface area (Å²) in [7, 11) is 1.51. The summed E-state index contributed by atoms with van der Waals surface area (Å²) in [5.74, 6) is 0.261. The van der Waals surface area contributed by atoms with Gasteiger partial charge >= 0.3 is 6.18 Å². The first kappa shape index (κ1) is 18.3. The molecule has 1 heterocycles. The van der Waals surface area contributed by atoms with Gasteiger partial charge in [0.25, 0.3) is 0 Å². The molecule has 9 heteroatoms. The van der Waals surface area contributed by atoms with Crippen molar-refractivity contribution in [2.24, 2.45) is 0 Å². The molecule has 2 rings (SSSR count). The molecule has 0 aliphatic rings. The third-order valence-electron chi connectivity index (χ3n) is 3.31. The monoisotopic (exact) mass is 405 g/mol. The van der Waals surface area contributed by atoms with Gasteiger partial charge in [-0.05, 0) is 35.0 Å². The molecular formula is C15H15BrF3N3O2. The number of carbonyl (C=O) groups excluding carboxylic acids is 1. The lowest BCUT2D eigenvalue weighted by molar-refractivity contribution is -0.142. The average Bonchev–Trinajstić information content (AvgIpc) is 2.81. The lowest BCUT2D eigenvalue weighted by Crippen LogP contribution is -2.16. The van der Waals surface area contributed by atoms with Gasteiger partial charge in [0, 0.05) is 18.2 Å². The standard InChI is InChI=1S/C15H15BrF3N3O2/c1-9-13(16)14(15(17,18)19)21-22(9)7-6-12(23)20-10-4-3-5-11(8-10)24-2/h3-5,8H,6-7H2,1-2H3,(H,20,23). The van der Waals surface area contributed by atoms with Crippen molar-refractivity contribution in [2.45, 2.75) is 26.1 Å². The normalized spacial score (nSPS) is 11.4. The molecule has 1 aromatic carbocycles. The first-order chi connectivity index (χ1) is 11.2. The summed E-state index contributed by atoms with van der Waals surface area (Å²) in [5, 5.41) is 6.20. The second-order valence-corrected chi connectivity index (χ2v) is 5.79. The van der Waals surface area contributed by atoms with E-state index in [0.29, 0.717) is 17.1 Å². The molecule has 0 radical (unpaired) electrons. The minimum Gasteiger partial charge on any atom is -0.497 e. The van der Waals surface area contributed by atoms with Crippen LogP contribution in [-0.4, -0.2) is 22.8 Å². The Morgan fingerprint density at radius 3 is 2.71 bits per heavy atom. The molecule has 0 fully saturated rings. The summed E-state index contributed by atoms with van der Waals surface area (Å²) in [5.41, 5.74) is -0.126. The van der Waals surface area contributed by atoms with Crippen LogP contribution in [0.2, 0.25) is 0 Å². The van der Waals surface area contributed by atoms with E-state index in [4.69, 9.17) is 4.74 Å². The molecule has 0 aliphatic carbocycles. The molecule has 0 saturated carbocycles. The number of hydrogen-bond donors (Lipinski definition) is 1. The van der Waals surface area contributed by atoms with Gasteiger partial charge < -0.3 is 10.1 Å². The summed E-state index contributed by atoms with van der Waals surface area (Å²) < 4.78 is 44.5. The van der Waals surface area contributed by atoms with Crippen molar-refractivity contribution in [3.63, 3.8) is 0 Å². The fourth-order valence-corrected chi connectivity index (χ4v) is 2.56. The molecule has 0 spiro atoms. The number of ether oxygens (including phenoxy) is 1. The van der Waals surface area contributed by atoms with Crippen LogP contribution in [0.4, 0.5) is 18.9 Å². The minimum absolute atomic E-state index is 0.0104. The van der Waals surface area contributed by atoms with E-state index in [1.807, 2.05) is 0 Å². The number of carbonyl (C=O) groups is 1. The van der Waals surface area contributed by atoms with Crippen molar-refractivity contribution in [1.82, 2.24) is 9.78 Å². The molecule has 1 N–H and O–H groups in total. The second-order valence-electron chi connectivity index (χ2n) is 5.00. The van der Waals surface area contributed by atoms with Gasteiger partial charge in [-0.2, -0.15) is 18.3 Å². The van der Waals surface area contributed by atoms with E-state index in [9.17, 15) is 18.0 Å². The lowest BCUT2D eigenvalue weighted by atomic mass is 10.3. The van der Waals surface area contributed by atoms with Crippen LogP contribution in [0.5, 0.6) is 5.75 Å². The number of nitrogens with zero attached hydrogens (tertiary/aromatic N) is 2. The van der Waals surface area contributed by atoms with Crippen molar-refractivity contribution in [3.8, 4) is 5.75 Å². The van der Waals surface area contributed by atoms with E-state index >= 15 is 0 Å². The quantitative estimate of drug-likeness (QED) is 0.817. The molecule has 0 saturated heterocycles. The SMILES string of the molecule is COc1cccc(NC(=O)CCn2nc(C(F)(F)F)c(Br)c2C)c1. The third kappa shape index (κ3) is 4.28. The Morgan fingerprint density at radius 1 is 1.42 bits per heavy atom. The maximum Gasteiger partial charge on any atom is 0.436 e. The van der Waals surface area contributed by atoms with Gasteiger partial charge in [-0.3, -0.25) is 9.48 Å². The van der Waals surface area contributed by atoms with Gasteiger partial charge in [0.1, 0.15) is 5.75 Å². The zero-order valence-corrected chi connectivity index (χ0v) is 14.5. The van der Waals surface area contributed by atoms with Crippen LogP contribution >= 0.6 is 15.9 Å². The Bertz CT molecular complexity index is 744. The molecule has 2 aromatic rings. The molecule has 0 atom stereocenters. The molecule has 5 nitrogen and oxygen atoms in total. The van der Waals surface area contributed by atoms with E-state index in [-0.39, 0.29) is 23.3 Å². The van der Waals surface area contributed by atoms with Crippen molar-refractivity contribution in [2.75, 3.05) is 12.4 Å². The summed E-state index contributed by atoms with van der Waals surface area (Å²) in [6.45, 7) is 1.54. The Balaban J connectivity index is 2.01. The highest BCUT2D eigenvalue weighted by molar-refractivity contribution is 9.10. The second kappa shape index (κ2) is 7.25. The van der Waals surface area contributed by atoms with Crippen LogP contribution in [0, 0.1) is 6.92 Å². The molecule has 0 unspecified atom stereocenters. The lowest BCUT2D eigenvalue weighted by Gasteiger charge is -2.08. The molecule has 0 aliphatic heterocycles. The van der Waals surface area contributed by atoms with Gasteiger partial charge in [-0.15, -0.1) is 0 Å². The minimum atomic E-state index is -4.54. The fraction of sp³-hybridized carbons (Fsp3) is 0.333. The summed E-state index contributed by atoms with van der Waals surface area (Å²) in [6, 6.07) is 6.80. The van der Waals surface area contributed by atoms with Gasteiger partial charge in [-0.1, -0.05) is 6.07 Å². The molecular weight excluding hydrogens is 391 g/mol. The van der Waals surface area contributed by atoms with Crippen LogP contribution in [0.25, 0.3) is 0 Å². The summed E-state index contributed by atoms with van der Waals surface area (Å²) in [6.07, 6.45) is -4.55. The van der Waals surface area contributed by atoms with E-state index < -0.39 is 11.9 Å². The molecule has 0 bridgehead atoms. The van der Waals surface area contributed by atoms with Crippen molar-refractivity contribution >= 4 is 27.5 Å². The third-order valence-corrected chi connectivity index (χ3v) is 4.26. The number of hydrogen-bond acceptors (Lipinski definition) is 3. The zero-order valence-electron chi connectivity index (χ0n) is 12.9. The number of aryl methyl sites for hydroxylation is 1. The van der Waals surface area contributed by atoms with Crippen LogP contribution in [0.15, 0.2) is 28.7 Å². The maximum atomic E-state index is 12.8. The van der Waals surface area contributed by atoms with E-state index in [1.165, 1.54) is 14.0 Å². The van der Waals surface area contributed by atoms with Gasteiger partial charge in [-0.25, -0.2) is 0 Å². The maximum absolute atomic E-state index is 12.8. The van der Waals surface area contributed by atoms with Crippen LogP contribution in [-0.2, 0) is 17.5 Å². The number of anilines is 1. The van der Waals surface area contributed by atoms with Crippen molar-refractivity contribution in [1.29, 1.82) is 0 Å².